The molecule has 0 bridgehead atoms. The number of hydrogen-bond donors (Lipinski definition) is 1. The lowest BCUT2D eigenvalue weighted by Crippen LogP contribution is -2.50. The van der Waals surface area contributed by atoms with Gasteiger partial charge in [0.1, 0.15) is 5.75 Å². The van der Waals surface area contributed by atoms with Gasteiger partial charge in [0.25, 0.3) is 5.91 Å². The second-order valence-electron chi connectivity index (χ2n) is 6.18. The van der Waals surface area contributed by atoms with Gasteiger partial charge in [-0.05, 0) is 42.3 Å². The third-order valence-electron chi connectivity index (χ3n) is 4.11. The number of carbonyl (C=O) groups is 1. The lowest BCUT2D eigenvalue weighted by atomic mass is 10.1. The number of ether oxygens (including phenoxy) is 1. The molecule has 2 aromatic carbocycles. The van der Waals surface area contributed by atoms with Gasteiger partial charge in [-0.1, -0.05) is 35.3 Å². The van der Waals surface area contributed by atoms with Gasteiger partial charge in [-0.3, -0.25) is 9.10 Å². The molecule has 1 aliphatic rings. The van der Waals surface area contributed by atoms with Crippen LogP contribution in [0.2, 0.25) is 10.0 Å². The Bertz CT molecular complexity index is 948. The predicted octanol–water partition coefficient (Wildman–Crippen LogP) is 2.88. The maximum Gasteiger partial charge on any atom is 0.263 e. The first-order chi connectivity index (χ1) is 12.7. The highest BCUT2D eigenvalue weighted by Crippen LogP contribution is 2.37. The second kappa shape index (κ2) is 7.96. The van der Waals surface area contributed by atoms with Crippen LogP contribution < -0.4 is 14.4 Å². The number of halogens is 2. The Morgan fingerprint density at radius 3 is 2.52 bits per heavy atom. The van der Waals surface area contributed by atoms with Gasteiger partial charge >= 0.3 is 0 Å². The average Bonchev–Trinajstić information content (AvgIpc) is 2.61. The van der Waals surface area contributed by atoms with Gasteiger partial charge in [0, 0.05) is 16.6 Å². The van der Waals surface area contributed by atoms with Crippen LogP contribution in [0.15, 0.2) is 42.5 Å². The molecule has 3 rings (SSSR count). The molecule has 0 spiro atoms. The fourth-order valence-electron chi connectivity index (χ4n) is 2.77. The Balaban J connectivity index is 1.68. The van der Waals surface area contributed by atoms with Gasteiger partial charge in [-0.2, -0.15) is 0 Å². The summed E-state index contributed by atoms with van der Waals surface area (Å²) in [7, 11) is -3.59. The van der Waals surface area contributed by atoms with E-state index in [0.717, 1.165) is 16.1 Å². The molecule has 1 heterocycles. The molecule has 0 unspecified atom stereocenters. The van der Waals surface area contributed by atoms with Crippen molar-refractivity contribution in [1.29, 1.82) is 0 Å². The van der Waals surface area contributed by atoms with Gasteiger partial charge in [-0.25, -0.2) is 8.42 Å². The summed E-state index contributed by atoms with van der Waals surface area (Å²) in [6, 6.07) is 12.0. The zero-order chi connectivity index (χ0) is 19.6. The third kappa shape index (κ3) is 4.86. The molecule has 0 saturated carbocycles. The molecule has 6 nitrogen and oxygen atoms in total. The number of anilines is 1. The number of nitrogens with zero attached hydrogens (tertiary/aromatic N) is 1. The molecular formula is C18H18Cl2N2O4S. The molecule has 2 aromatic rings. The molecule has 1 N–H and O–H groups in total. The van der Waals surface area contributed by atoms with Crippen LogP contribution in [0.3, 0.4) is 0 Å². The molecule has 9 heteroatoms. The Morgan fingerprint density at radius 2 is 1.85 bits per heavy atom. The van der Waals surface area contributed by atoms with Crippen LogP contribution in [-0.4, -0.2) is 39.8 Å². The smallest absolute Gasteiger partial charge is 0.263 e. The molecule has 0 saturated heterocycles. The fraction of sp³-hybridized carbons (Fsp3) is 0.278. The third-order valence-corrected chi connectivity index (χ3v) is 5.74. The van der Waals surface area contributed by atoms with Gasteiger partial charge in [0.2, 0.25) is 10.0 Å². The molecule has 1 aliphatic heterocycles. The average molecular weight is 429 g/mol. The lowest BCUT2D eigenvalue weighted by Gasteiger charge is -2.34. The van der Waals surface area contributed by atoms with Crippen molar-refractivity contribution in [2.45, 2.75) is 12.5 Å². The molecule has 27 heavy (non-hydrogen) atoms. The first-order valence-corrected chi connectivity index (χ1v) is 10.8. The zero-order valence-corrected chi connectivity index (χ0v) is 16.8. The van der Waals surface area contributed by atoms with Crippen molar-refractivity contribution in [3.63, 3.8) is 0 Å². The zero-order valence-electron chi connectivity index (χ0n) is 14.5. The first kappa shape index (κ1) is 19.8. The second-order valence-corrected chi connectivity index (χ2v) is 8.96. The van der Waals surface area contributed by atoms with E-state index in [1.165, 1.54) is 6.07 Å². The van der Waals surface area contributed by atoms with E-state index < -0.39 is 16.1 Å². The number of rotatable bonds is 5. The summed E-state index contributed by atoms with van der Waals surface area (Å²) < 4.78 is 31.1. The highest BCUT2D eigenvalue weighted by molar-refractivity contribution is 7.92. The topological polar surface area (TPSA) is 75.7 Å². The highest BCUT2D eigenvalue weighted by atomic mass is 35.5. The van der Waals surface area contributed by atoms with Gasteiger partial charge in [-0.15, -0.1) is 0 Å². The molecule has 0 aromatic heterocycles. The van der Waals surface area contributed by atoms with Gasteiger partial charge < -0.3 is 10.1 Å². The first-order valence-electron chi connectivity index (χ1n) is 8.20. The van der Waals surface area contributed by atoms with Crippen LogP contribution in [0.4, 0.5) is 5.69 Å². The normalized spacial score (nSPS) is 16.4. The highest BCUT2D eigenvalue weighted by Gasteiger charge is 2.35. The van der Waals surface area contributed by atoms with Crippen molar-refractivity contribution in [2.75, 3.05) is 23.7 Å². The summed E-state index contributed by atoms with van der Waals surface area (Å²) in [5.74, 6) is -0.0767. The Hall–Kier alpha value is -1.96. The Kier molecular flexibility index (Phi) is 5.83. The van der Waals surface area contributed by atoms with E-state index in [0.29, 0.717) is 34.4 Å². The summed E-state index contributed by atoms with van der Waals surface area (Å²) in [6.45, 7) is 0.283. The minimum atomic E-state index is -3.59. The van der Waals surface area contributed by atoms with E-state index in [-0.39, 0.29) is 12.5 Å². The predicted molar refractivity (Wildman–Crippen MR) is 106 cm³/mol. The van der Waals surface area contributed by atoms with Crippen molar-refractivity contribution in [3.8, 4) is 5.75 Å². The molecule has 0 radical (unpaired) electrons. The number of carbonyl (C=O) groups excluding carboxylic acids is 1. The van der Waals surface area contributed by atoms with Crippen LogP contribution in [-0.2, 0) is 21.2 Å². The van der Waals surface area contributed by atoms with E-state index >= 15 is 0 Å². The standard InChI is InChI=1S/C18H18Cl2N2O4S/c1-27(24,25)22-11-17(26-16-7-6-14(20)10-15(16)22)18(23)21-9-8-12-2-4-13(19)5-3-12/h2-7,10,17H,8-9,11H2,1H3,(H,21,23)/t17-/m1/s1. The van der Waals surface area contributed by atoms with Crippen LogP contribution in [0.25, 0.3) is 0 Å². The summed E-state index contributed by atoms with van der Waals surface area (Å²) in [5, 5.41) is 3.82. The van der Waals surface area contributed by atoms with E-state index in [2.05, 4.69) is 5.32 Å². The van der Waals surface area contributed by atoms with E-state index in [9.17, 15) is 13.2 Å². The van der Waals surface area contributed by atoms with Crippen molar-refractivity contribution in [3.05, 3.63) is 58.1 Å². The monoisotopic (exact) mass is 428 g/mol. The summed E-state index contributed by atoms with van der Waals surface area (Å²) in [4.78, 5) is 12.5. The molecule has 1 atom stereocenters. The largest absolute Gasteiger partial charge is 0.476 e. The fourth-order valence-corrected chi connectivity index (χ4v) is 3.97. The number of nitrogens with one attached hydrogen (secondary N) is 1. The number of amides is 1. The Morgan fingerprint density at radius 1 is 1.19 bits per heavy atom. The minimum Gasteiger partial charge on any atom is -0.476 e. The van der Waals surface area contributed by atoms with Gasteiger partial charge in [0.15, 0.2) is 6.10 Å². The summed E-state index contributed by atoms with van der Waals surface area (Å²) >= 11 is 11.8. The van der Waals surface area contributed by atoms with Crippen LogP contribution >= 0.6 is 23.2 Å². The van der Waals surface area contributed by atoms with E-state index in [4.69, 9.17) is 27.9 Å². The molecule has 144 valence electrons. The minimum absolute atomic E-state index is 0.112. The molecule has 0 aliphatic carbocycles. The van der Waals surface area contributed by atoms with Crippen molar-refractivity contribution < 1.29 is 17.9 Å². The van der Waals surface area contributed by atoms with Crippen molar-refractivity contribution >= 4 is 44.8 Å². The van der Waals surface area contributed by atoms with Crippen LogP contribution in [0, 0.1) is 0 Å². The number of sulfonamides is 1. The Labute approximate surface area is 168 Å². The lowest BCUT2D eigenvalue weighted by molar-refractivity contribution is -0.127. The number of benzene rings is 2. The summed E-state index contributed by atoms with van der Waals surface area (Å²) in [6.07, 6.45) is 0.759. The van der Waals surface area contributed by atoms with Crippen LogP contribution in [0.5, 0.6) is 5.75 Å². The van der Waals surface area contributed by atoms with Crippen molar-refractivity contribution in [2.24, 2.45) is 0 Å². The molecular weight excluding hydrogens is 411 g/mol. The SMILES string of the molecule is CS(=O)(=O)N1C[C@H](C(=O)NCCc2ccc(Cl)cc2)Oc2ccc(Cl)cc21. The molecule has 1 amide bonds. The van der Waals surface area contributed by atoms with Crippen molar-refractivity contribution in [1.82, 2.24) is 5.32 Å². The van der Waals surface area contributed by atoms with Gasteiger partial charge in [0.05, 0.1) is 18.5 Å². The van der Waals surface area contributed by atoms with Crippen LogP contribution in [0.1, 0.15) is 5.56 Å². The number of hydrogen-bond acceptors (Lipinski definition) is 4. The molecule has 0 fully saturated rings. The maximum atomic E-state index is 12.5. The number of fused-ring (bicyclic) bond motifs is 1. The quantitative estimate of drug-likeness (QED) is 0.793. The maximum absolute atomic E-state index is 12.5. The van der Waals surface area contributed by atoms with E-state index in [1.54, 1.807) is 24.3 Å². The van der Waals surface area contributed by atoms with E-state index in [1.807, 2.05) is 12.1 Å². The summed E-state index contributed by atoms with van der Waals surface area (Å²) in [5.41, 5.74) is 1.36.